The monoisotopic (exact) mass is 1070 g/mol. The van der Waals surface area contributed by atoms with Crippen molar-refractivity contribution in [3.63, 3.8) is 0 Å². The third kappa shape index (κ3) is 6.51. The Morgan fingerprint density at radius 3 is 0.726 bits per heavy atom. The second kappa shape index (κ2) is 17.0. The van der Waals surface area contributed by atoms with Gasteiger partial charge in [-0.05, 0) is 143 Å². The summed E-state index contributed by atoms with van der Waals surface area (Å²) in [5, 5.41) is 13.1. The molecular formula is C75H42N6O3. The first-order chi connectivity index (χ1) is 41.6. The number of hydrogen-bond acceptors (Lipinski definition) is 6. The molecule has 19 aromatic rings. The lowest BCUT2D eigenvalue weighted by atomic mass is 10.0. The largest absolute Gasteiger partial charge is 0.456 e. The first-order valence-electron chi connectivity index (χ1n) is 28.2. The number of para-hydroxylation sites is 6. The second-order valence-electron chi connectivity index (χ2n) is 21.9. The van der Waals surface area contributed by atoms with Gasteiger partial charge in [-0.3, -0.25) is 13.7 Å². The van der Waals surface area contributed by atoms with Gasteiger partial charge in [-0.25, -0.2) is 0 Å². The first kappa shape index (κ1) is 45.2. The molecule has 9 nitrogen and oxygen atoms in total. The van der Waals surface area contributed by atoms with E-state index in [4.69, 9.17) is 28.2 Å². The van der Waals surface area contributed by atoms with E-state index in [0.717, 1.165) is 165 Å². The van der Waals surface area contributed by atoms with Crippen molar-refractivity contribution in [3.8, 4) is 51.2 Å². The van der Waals surface area contributed by atoms with Gasteiger partial charge >= 0.3 is 0 Å². The fourth-order valence-electron chi connectivity index (χ4n) is 13.5. The van der Waals surface area contributed by atoms with Gasteiger partial charge < -0.3 is 13.3 Å². The van der Waals surface area contributed by atoms with Crippen molar-refractivity contribution in [3.05, 3.63) is 255 Å². The predicted molar refractivity (Wildman–Crippen MR) is 341 cm³/mol. The molecule has 390 valence electrons. The van der Waals surface area contributed by atoms with Crippen molar-refractivity contribution in [1.82, 2.24) is 28.7 Å². The van der Waals surface area contributed by atoms with Crippen LogP contribution in [-0.4, -0.2) is 28.7 Å². The molecule has 0 aliphatic heterocycles. The topological polar surface area (TPSA) is 92.9 Å². The molecule has 0 spiro atoms. The lowest BCUT2D eigenvalue weighted by Gasteiger charge is -2.14. The summed E-state index contributed by atoms with van der Waals surface area (Å²) < 4.78 is 25.4. The Kier molecular flexibility index (Phi) is 9.15. The average molecular weight is 1080 g/mol. The van der Waals surface area contributed by atoms with E-state index >= 15 is 0 Å². The van der Waals surface area contributed by atoms with Crippen LogP contribution in [0.3, 0.4) is 0 Å². The van der Waals surface area contributed by atoms with Gasteiger partial charge in [-0.1, -0.05) is 146 Å². The molecule has 0 radical (unpaired) electrons. The van der Waals surface area contributed by atoms with E-state index in [1.165, 1.54) is 0 Å². The van der Waals surface area contributed by atoms with Crippen LogP contribution in [0.2, 0.25) is 0 Å². The Morgan fingerprint density at radius 2 is 0.417 bits per heavy atom. The van der Waals surface area contributed by atoms with Crippen LogP contribution in [0.15, 0.2) is 268 Å². The molecule has 0 saturated carbocycles. The first-order valence-corrected chi connectivity index (χ1v) is 28.2. The summed E-state index contributed by atoms with van der Waals surface area (Å²) in [5.74, 6) is 1.48. The molecule has 0 N–H and O–H groups in total. The van der Waals surface area contributed by atoms with Crippen LogP contribution in [-0.2, 0) is 0 Å². The number of fused-ring (bicyclic) bond motifs is 18. The van der Waals surface area contributed by atoms with Gasteiger partial charge in [0.1, 0.15) is 33.5 Å². The van der Waals surface area contributed by atoms with Crippen molar-refractivity contribution in [2.24, 2.45) is 0 Å². The van der Waals surface area contributed by atoms with E-state index in [1.54, 1.807) is 0 Å². The smallest absolute Gasteiger partial charge is 0.241 e. The number of hydrogen-bond donors (Lipinski definition) is 0. The zero-order valence-corrected chi connectivity index (χ0v) is 44.7. The molecule has 0 saturated heterocycles. The van der Waals surface area contributed by atoms with Crippen molar-refractivity contribution in [2.45, 2.75) is 0 Å². The number of furan rings is 3. The summed E-state index contributed by atoms with van der Waals surface area (Å²) in [5.41, 5.74) is 17.7. The van der Waals surface area contributed by atoms with Crippen molar-refractivity contribution >= 4 is 131 Å². The summed E-state index contributed by atoms with van der Waals surface area (Å²) >= 11 is 0. The molecule has 7 aromatic heterocycles. The molecule has 0 unspecified atom stereocenters. The summed E-state index contributed by atoms with van der Waals surface area (Å²) in [6, 6.07) is 90.0. The van der Waals surface area contributed by atoms with Crippen molar-refractivity contribution in [1.29, 1.82) is 0 Å². The summed E-state index contributed by atoms with van der Waals surface area (Å²) in [6.07, 6.45) is 0. The van der Waals surface area contributed by atoms with E-state index in [0.29, 0.717) is 17.8 Å². The molecule has 0 atom stereocenters. The Labute approximate surface area is 476 Å². The molecular weight excluding hydrogens is 1030 g/mol. The minimum absolute atomic E-state index is 0.492. The second-order valence-corrected chi connectivity index (χ2v) is 21.9. The number of benzene rings is 12. The van der Waals surface area contributed by atoms with Crippen LogP contribution in [0, 0.1) is 0 Å². The Morgan fingerprint density at radius 1 is 0.190 bits per heavy atom. The van der Waals surface area contributed by atoms with E-state index in [1.807, 2.05) is 36.4 Å². The molecule has 0 amide bonds. The zero-order valence-electron chi connectivity index (χ0n) is 44.7. The highest BCUT2D eigenvalue weighted by Crippen LogP contribution is 2.42. The van der Waals surface area contributed by atoms with Crippen LogP contribution in [0.4, 0.5) is 0 Å². The quantitative estimate of drug-likeness (QED) is 0.165. The van der Waals surface area contributed by atoms with Crippen molar-refractivity contribution < 1.29 is 13.3 Å². The van der Waals surface area contributed by atoms with Crippen LogP contribution in [0.1, 0.15) is 0 Å². The highest BCUT2D eigenvalue weighted by Gasteiger charge is 2.24. The summed E-state index contributed by atoms with van der Waals surface area (Å²) in [4.78, 5) is 16.9. The number of nitrogens with zero attached hydrogens (tertiary/aromatic N) is 6. The van der Waals surface area contributed by atoms with Crippen LogP contribution in [0.25, 0.3) is 182 Å². The normalized spacial score (nSPS) is 12.3. The van der Waals surface area contributed by atoms with Crippen LogP contribution < -0.4 is 0 Å². The number of rotatable bonds is 6. The van der Waals surface area contributed by atoms with Gasteiger partial charge in [0, 0.05) is 64.6 Å². The Bertz CT molecular complexity index is 5430. The van der Waals surface area contributed by atoms with E-state index in [2.05, 4.69) is 232 Å². The average Bonchev–Trinajstić information content (AvgIpc) is 4.60. The summed E-state index contributed by atoms with van der Waals surface area (Å²) in [6.45, 7) is 0. The molecule has 9 heteroatoms. The Balaban J connectivity index is 0.841. The minimum atomic E-state index is 0.492. The predicted octanol–water partition coefficient (Wildman–Crippen LogP) is 19.9. The van der Waals surface area contributed by atoms with E-state index in [9.17, 15) is 0 Å². The fourth-order valence-corrected chi connectivity index (χ4v) is 13.5. The molecule has 0 fully saturated rings. The van der Waals surface area contributed by atoms with E-state index < -0.39 is 0 Å². The molecule has 7 heterocycles. The third-order valence-electron chi connectivity index (χ3n) is 17.3. The molecule has 12 aromatic carbocycles. The van der Waals surface area contributed by atoms with Gasteiger partial charge in [0.2, 0.25) is 17.8 Å². The molecule has 0 aliphatic rings. The highest BCUT2D eigenvalue weighted by molar-refractivity contribution is 6.15. The summed E-state index contributed by atoms with van der Waals surface area (Å²) in [7, 11) is 0. The SMILES string of the molecule is c1ccc2c(c1)oc1ccc(-c3ccc4c(c3)c3ccccc3n4-c3nc(-n4c5ccccc5c5cc(-c6ccc7oc8ccccc8c7c6)ccc54)nc(-n4c5ccccc5c5cc(-c6ccc7oc8ccccc8c7c6)ccc54)n3)cc12. The maximum atomic E-state index is 6.25. The minimum Gasteiger partial charge on any atom is -0.456 e. The van der Waals surface area contributed by atoms with Crippen LogP contribution in [0.5, 0.6) is 0 Å². The standard InChI is InChI=1S/C75H42N6O3/c1-7-19-61-49(13-1)55-37-43(46-28-34-70-58(40-46)52-16-4-10-22-67(52)82-70)25-31-64(55)79(61)73-76-74(80-62-20-8-2-14-50(62)56-38-44(26-32-65(56)80)47-29-35-71-59(41-47)53-17-5-11-23-68(53)83-71)78-75(77-73)81-63-21-9-3-15-51(63)57-39-45(27-33-66(57)81)48-30-36-72-60(42-48)54-18-6-12-24-69(54)84-72/h1-42H. The third-order valence-corrected chi connectivity index (χ3v) is 17.3. The number of aromatic nitrogens is 6. The van der Waals surface area contributed by atoms with E-state index in [-0.39, 0.29) is 0 Å². The molecule has 19 rings (SSSR count). The van der Waals surface area contributed by atoms with Crippen LogP contribution >= 0.6 is 0 Å². The maximum absolute atomic E-state index is 6.25. The lowest BCUT2D eigenvalue weighted by molar-refractivity contribution is 0.668. The van der Waals surface area contributed by atoms with Gasteiger partial charge in [-0.2, -0.15) is 15.0 Å². The highest BCUT2D eigenvalue weighted by atomic mass is 16.3. The molecule has 84 heavy (non-hydrogen) atoms. The lowest BCUT2D eigenvalue weighted by Crippen LogP contribution is -2.13. The maximum Gasteiger partial charge on any atom is 0.241 e. The van der Waals surface area contributed by atoms with Gasteiger partial charge in [0.25, 0.3) is 0 Å². The van der Waals surface area contributed by atoms with Gasteiger partial charge in [0.15, 0.2) is 0 Å². The fraction of sp³-hybridized carbons (Fsp3) is 0. The van der Waals surface area contributed by atoms with Crippen molar-refractivity contribution in [2.75, 3.05) is 0 Å². The molecule has 0 bridgehead atoms. The van der Waals surface area contributed by atoms with Gasteiger partial charge in [-0.15, -0.1) is 0 Å². The van der Waals surface area contributed by atoms with Gasteiger partial charge in [0.05, 0.1) is 33.1 Å². The zero-order chi connectivity index (χ0) is 54.7. The molecule has 0 aliphatic carbocycles. The Hall–Kier alpha value is -11.6.